The Kier molecular flexibility index (Phi) is 3.56. The molecule has 1 atom stereocenters. The van der Waals surface area contributed by atoms with Crippen LogP contribution in [0.1, 0.15) is 31.0 Å². The first-order chi connectivity index (χ1) is 9.24. The molecule has 3 heterocycles. The molecule has 0 bridgehead atoms. The van der Waals surface area contributed by atoms with E-state index in [2.05, 4.69) is 47.7 Å². The molecule has 1 aliphatic heterocycles. The summed E-state index contributed by atoms with van der Waals surface area (Å²) in [6.45, 7) is 8.08. The van der Waals surface area contributed by atoms with E-state index in [1.54, 1.807) is 0 Å². The molecule has 3 nitrogen and oxygen atoms in total. The van der Waals surface area contributed by atoms with Crippen molar-refractivity contribution in [1.29, 1.82) is 0 Å². The quantitative estimate of drug-likeness (QED) is 0.842. The van der Waals surface area contributed by atoms with Gasteiger partial charge in [0.1, 0.15) is 5.65 Å². The molecule has 2 aromatic rings. The minimum atomic E-state index is 0.778. The summed E-state index contributed by atoms with van der Waals surface area (Å²) in [5, 5.41) is 0. The minimum absolute atomic E-state index is 0.778. The number of pyridine rings is 1. The minimum Gasteiger partial charge on any atom is -0.307 e. The van der Waals surface area contributed by atoms with Crippen LogP contribution in [0.4, 0.5) is 0 Å². The summed E-state index contributed by atoms with van der Waals surface area (Å²) in [6.07, 6.45) is 8.12. The third-order valence-electron chi connectivity index (χ3n) is 4.21. The van der Waals surface area contributed by atoms with Crippen LogP contribution in [0.5, 0.6) is 0 Å². The number of fused-ring (bicyclic) bond motifs is 1. The van der Waals surface area contributed by atoms with Gasteiger partial charge in [-0.2, -0.15) is 0 Å². The van der Waals surface area contributed by atoms with Crippen LogP contribution < -0.4 is 0 Å². The highest BCUT2D eigenvalue weighted by Gasteiger charge is 2.19. The lowest BCUT2D eigenvalue weighted by Gasteiger charge is -2.31. The molecule has 0 saturated carbocycles. The van der Waals surface area contributed by atoms with Crippen LogP contribution >= 0.6 is 0 Å². The Balaban J connectivity index is 1.74. The van der Waals surface area contributed by atoms with E-state index >= 15 is 0 Å². The van der Waals surface area contributed by atoms with Gasteiger partial charge in [-0.05, 0) is 62.9 Å². The molecule has 0 aromatic carbocycles. The number of aromatic nitrogens is 2. The Morgan fingerprint density at radius 1 is 1.42 bits per heavy atom. The van der Waals surface area contributed by atoms with E-state index in [0.29, 0.717) is 0 Å². The van der Waals surface area contributed by atoms with E-state index in [-0.39, 0.29) is 0 Å². The van der Waals surface area contributed by atoms with Crippen LogP contribution in [-0.2, 0) is 6.42 Å². The van der Waals surface area contributed by atoms with E-state index in [4.69, 9.17) is 4.98 Å². The number of hydrogen-bond acceptors (Lipinski definition) is 2. The van der Waals surface area contributed by atoms with Gasteiger partial charge in [0.15, 0.2) is 0 Å². The average molecular weight is 257 g/mol. The molecule has 102 valence electrons. The zero-order valence-electron chi connectivity index (χ0n) is 12.0. The van der Waals surface area contributed by atoms with Gasteiger partial charge in [-0.1, -0.05) is 6.92 Å². The number of nitrogens with zero attached hydrogens (tertiary/aromatic N) is 3. The maximum atomic E-state index is 4.76. The monoisotopic (exact) mass is 257 g/mol. The van der Waals surface area contributed by atoms with Crippen LogP contribution in [0.15, 0.2) is 24.5 Å². The summed E-state index contributed by atoms with van der Waals surface area (Å²) in [5.41, 5.74) is 3.60. The largest absolute Gasteiger partial charge is 0.307 e. The molecule has 2 aromatic heterocycles. The fourth-order valence-corrected chi connectivity index (χ4v) is 3.14. The lowest BCUT2D eigenvalue weighted by molar-refractivity contribution is 0.181. The highest BCUT2D eigenvalue weighted by Crippen LogP contribution is 2.20. The molecular formula is C16H23N3. The molecule has 3 rings (SSSR count). The first kappa shape index (κ1) is 12.7. The van der Waals surface area contributed by atoms with Crippen molar-refractivity contribution in [3.63, 3.8) is 0 Å². The average Bonchev–Trinajstić information content (AvgIpc) is 2.80. The maximum Gasteiger partial charge on any atom is 0.137 e. The van der Waals surface area contributed by atoms with Gasteiger partial charge >= 0.3 is 0 Å². The van der Waals surface area contributed by atoms with Crippen molar-refractivity contribution < 1.29 is 0 Å². The topological polar surface area (TPSA) is 20.5 Å². The Morgan fingerprint density at radius 2 is 2.32 bits per heavy atom. The molecule has 0 spiro atoms. The molecule has 0 aliphatic carbocycles. The van der Waals surface area contributed by atoms with Crippen LogP contribution in [-0.4, -0.2) is 33.9 Å². The first-order valence-electron chi connectivity index (χ1n) is 7.41. The molecular weight excluding hydrogens is 234 g/mol. The second-order valence-electron chi connectivity index (χ2n) is 5.81. The van der Waals surface area contributed by atoms with E-state index < -0.39 is 0 Å². The zero-order chi connectivity index (χ0) is 13.2. The molecule has 1 unspecified atom stereocenters. The Bertz CT molecular complexity index is 558. The number of rotatable bonds is 3. The Labute approximate surface area is 115 Å². The standard InChI is InChI=1S/C16H23N3/c1-3-18-7-4-5-14(11-18)10-15-12-19-8-6-13(2)9-16(19)17-15/h6,8-9,12,14H,3-5,7,10-11H2,1-2H3. The number of piperidine rings is 1. The SMILES string of the molecule is CCN1CCCC(Cc2cn3ccc(C)cc3n2)C1. The number of aryl methyl sites for hydroxylation is 1. The third-order valence-corrected chi connectivity index (χ3v) is 4.21. The maximum absolute atomic E-state index is 4.76. The molecule has 3 heteroatoms. The summed E-state index contributed by atoms with van der Waals surface area (Å²) < 4.78 is 2.14. The van der Waals surface area contributed by atoms with Crippen molar-refractivity contribution >= 4 is 5.65 Å². The zero-order valence-corrected chi connectivity index (χ0v) is 12.0. The second-order valence-corrected chi connectivity index (χ2v) is 5.81. The second kappa shape index (κ2) is 5.33. The van der Waals surface area contributed by atoms with Crippen molar-refractivity contribution in [2.24, 2.45) is 5.92 Å². The lowest BCUT2D eigenvalue weighted by atomic mass is 9.94. The predicted octanol–water partition coefficient (Wildman–Crippen LogP) is 2.92. The van der Waals surface area contributed by atoms with E-state index in [1.807, 2.05) is 0 Å². The smallest absolute Gasteiger partial charge is 0.137 e. The van der Waals surface area contributed by atoms with Gasteiger partial charge in [0.25, 0.3) is 0 Å². The number of imidazole rings is 1. The summed E-state index contributed by atoms with van der Waals surface area (Å²) in [4.78, 5) is 7.33. The molecule has 1 aliphatic rings. The highest BCUT2D eigenvalue weighted by atomic mass is 15.1. The molecule has 0 N–H and O–H groups in total. The number of likely N-dealkylation sites (tertiary alicyclic amines) is 1. The van der Waals surface area contributed by atoms with Crippen molar-refractivity contribution in [2.45, 2.75) is 33.1 Å². The summed E-state index contributed by atoms with van der Waals surface area (Å²) in [7, 11) is 0. The molecule has 1 saturated heterocycles. The van der Waals surface area contributed by atoms with Gasteiger partial charge in [0.05, 0.1) is 5.69 Å². The van der Waals surface area contributed by atoms with Crippen LogP contribution in [0.3, 0.4) is 0 Å². The van der Waals surface area contributed by atoms with Gasteiger partial charge < -0.3 is 9.30 Å². The molecule has 0 amide bonds. The van der Waals surface area contributed by atoms with Gasteiger partial charge in [-0.25, -0.2) is 4.98 Å². The Morgan fingerprint density at radius 3 is 3.16 bits per heavy atom. The lowest BCUT2D eigenvalue weighted by Crippen LogP contribution is -2.35. The summed E-state index contributed by atoms with van der Waals surface area (Å²) >= 11 is 0. The van der Waals surface area contributed by atoms with Crippen molar-refractivity contribution in [3.05, 3.63) is 35.8 Å². The van der Waals surface area contributed by atoms with Crippen LogP contribution in [0, 0.1) is 12.8 Å². The molecule has 19 heavy (non-hydrogen) atoms. The summed E-state index contributed by atoms with van der Waals surface area (Å²) in [5.74, 6) is 0.778. The summed E-state index contributed by atoms with van der Waals surface area (Å²) in [6, 6.07) is 4.29. The van der Waals surface area contributed by atoms with E-state index in [1.165, 1.54) is 43.7 Å². The van der Waals surface area contributed by atoms with Gasteiger partial charge in [-0.15, -0.1) is 0 Å². The Hall–Kier alpha value is -1.35. The number of hydrogen-bond donors (Lipinski definition) is 0. The third kappa shape index (κ3) is 2.81. The van der Waals surface area contributed by atoms with Gasteiger partial charge in [-0.3, -0.25) is 0 Å². The van der Waals surface area contributed by atoms with Crippen LogP contribution in [0.2, 0.25) is 0 Å². The van der Waals surface area contributed by atoms with Gasteiger partial charge in [0, 0.05) is 18.9 Å². The van der Waals surface area contributed by atoms with Crippen LogP contribution in [0.25, 0.3) is 5.65 Å². The fourth-order valence-electron chi connectivity index (χ4n) is 3.14. The highest BCUT2D eigenvalue weighted by molar-refractivity contribution is 5.42. The molecule has 0 radical (unpaired) electrons. The predicted molar refractivity (Wildman–Crippen MR) is 78.5 cm³/mol. The first-order valence-corrected chi connectivity index (χ1v) is 7.41. The van der Waals surface area contributed by atoms with E-state index in [9.17, 15) is 0 Å². The normalized spacial score (nSPS) is 21.1. The van der Waals surface area contributed by atoms with Gasteiger partial charge in [0.2, 0.25) is 0 Å². The fraction of sp³-hybridized carbons (Fsp3) is 0.562. The van der Waals surface area contributed by atoms with E-state index in [0.717, 1.165) is 18.0 Å². The molecule has 1 fully saturated rings. The van der Waals surface area contributed by atoms with Crippen molar-refractivity contribution in [1.82, 2.24) is 14.3 Å². The van der Waals surface area contributed by atoms with Crippen molar-refractivity contribution in [2.75, 3.05) is 19.6 Å². The van der Waals surface area contributed by atoms with Crippen molar-refractivity contribution in [3.8, 4) is 0 Å².